The lowest BCUT2D eigenvalue weighted by molar-refractivity contribution is 0.00678. The van der Waals surface area contributed by atoms with Crippen molar-refractivity contribution in [3.8, 4) is 5.75 Å². The zero-order chi connectivity index (χ0) is 30.9. The van der Waals surface area contributed by atoms with E-state index in [2.05, 4.69) is 38.2 Å². The SMILES string of the molecule is CC(C)=CCCC(C)=CCCC(C)=CCOC(=O)NC=CCC1C[C@@H](O)[C@@H](C)CC=CCc2cccc(O)c2C(=O)O1. The number of carbonyl (C=O) groups is 2. The van der Waals surface area contributed by atoms with Crippen LogP contribution in [0.2, 0.25) is 0 Å². The fourth-order valence-electron chi connectivity index (χ4n) is 4.56. The molecule has 2 rings (SSSR count). The van der Waals surface area contributed by atoms with Gasteiger partial charge >= 0.3 is 12.1 Å². The van der Waals surface area contributed by atoms with Crippen molar-refractivity contribution in [3.05, 3.63) is 88.7 Å². The van der Waals surface area contributed by atoms with Crippen molar-refractivity contribution >= 4 is 12.1 Å². The number of hydrogen-bond acceptors (Lipinski definition) is 6. The Morgan fingerprint density at radius 2 is 1.79 bits per heavy atom. The third kappa shape index (κ3) is 13.4. The molecule has 0 spiro atoms. The van der Waals surface area contributed by atoms with Crippen LogP contribution in [0.25, 0.3) is 0 Å². The zero-order valence-electron chi connectivity index (χ0n) is 25.9. The number of fused-ring (bicyclic) bond motifs is 1. The van der Waals surface area contributed by atoms with E-state index in [0.29, 0.717) is 18.4 Å². The first kappa shape index (κ1) is 34.6. The van der Waals surface area contributed by atoms with E-state index in [1.54, 1.807) is 18.2 Å². The molecule has 0 aliphatic carbocycles. The van der Waals surface area contributed by atoms with Gasteiger partial charge in [0.05, 0.1) is 6.10 Å². The van der Waals surface area contributed by atoms with Crippen LogP contribution in [-0.2, 0) is 15.9 Å². The number of amides is 1. The predicted molar refractivity (Wildman–Crippen MR) is 168 cm³/mol. The monoisotopic (exact) mass is 579 g/mol. The molecule has 1 unspecified atom stereocenters. The average Bonchev–Trinajstić information content (AvgIpc) is 2.92. The summed E-state index contributed by atoms with van der Waals surface area (Å²) in [4.78, 5) is 25.1. The number of cyclic esters (lactones) is 1. The smallest absolute Gasteiger partial charge is 0.411 e. The molecule has 1 aromatic rings. The van der Waals surface area contributed by atoms with E-state index in [1.807, 2.05) is 32.1 Å². The van der Waals surface area contributed by atoms with E-state index >= 15 is 0 Å². The summed E-state index contributed by atoms with van der Waals surface area (Å²) in [5.41, 5.74) is 4.70. The molecule has 3 atom stereocenters. The minimum Gasteiger partial charge on any atom is -0.507 e. The van der Waals surface area contributed by atoms with Crippen LogP contribution in [0.1, 0.15) is 95.5 Å². The molecule has 0 aromatic heterocycles. The molecule has 7 heteroatoms. The van der Waals surface area contributed by atoms with Gasteiger partial charge in [-0.15, -0.1) is 0 Å². The quantitative estimate of drug-likeness (QED) is 0.182. The Balaban J connectivity index is 1.85. The number of alkyl carbamates (subject to hydrolysis) is 1. The van der Waals surface area contributed by atoms with Crippen molar-refractivity contribution < 1.29 is 29.3 Å². The lowest BCUT2D eigenvalue weighted by Crippen LogP contribution is -2.28. The van der Waals surface area contributed by atoms with Crippen LogP contribution in [-0.4, -0.2) is 41.1 Å². The average molecular weight is 580 g/mol. The van der Waals surface area contributed by atoms with Crippen molar-refractivity contribution in [2.75, 3.05) is 6.61 Å². The maximum absolute atomic E-state index is 13.0. The molecule has 0 saturated carbocycles. The highest BCUT2D eigenvalue weighted by Crippen LogP contribution is 2.26. The van der Waals surface area contributed by atoms with Crippen LogP contribution in [0.5, 0.6) is 5.75 Å². The summed E-state index contributed by atoms with van der Waals surface area (Å²) in [6, 6.07) is 4.95. The highest BCUT2D eigenvalue weighted by molar-refractivity contribution is 5.94. The Morgan fingerprint density at radius 3 is 2.52 bits per heavy atom. The second-order valence-electron chi connectivity index (χ2n) is 11.4. The van der Waals surface area contributed by atoms with E-state index in [-0.39, 0.29) is 36.7 Å². The number of nitrogens with one attached hydrogen (secondary N) is 1. The molecule has 0 bridgehead atoms. The molecule has 1 aliphatic rings. The topological polar surface area (TPSA) is 105 Å². The van der Waals surface area contributed by atoms with E-state index in [9.17, 15) is 19.8 Å². The molecule has 0 radical (unpaired) electrons. The van der Waals surface area contributed by atoms with Crippen LogP contribution in [0.15, 0.2) is 77.6 Å². The molecular formula is C35H49NO6. The number of esters is 1. The van der Waals surface area contributed by atoms with Gasteiger partial charge in [-0.05, 0) is 89.8 Å². The molecular weight excluding hydrogens is 530 g/mol. The zero-order valence-corrected chi connectivity index (χ0v) is 25.9. The molecule has 230 valence electrons. The molecule has 1 aromatic carbocycles. The maximum atomic E-state index is 13.0. The lowest BCUT2D eigenvalue weighted by Gasteiger charge is -2.24. The van der Waals surface area contributed by atoms with Crippen molar-refractivity contribution in [1.29, 1.82) is 0 Å². The van der Waals surface area contributed by atoms with Crippen LogP contribution in [0.4, 0.5) is 4.79 Å². The molecule has 42 heavy (non-hydrogen) atoms. The first-order valence-corrected chi connectivity index (χ1v) is 14.9. The third-order valence-electron chi connectivity index (χ3n) is 7.27. The highest BCUT2D eigenvalue weighted by atomic mass is 16.5. The summed E-state index contributed by atoms with van der Waals surface area (Å²) in [6.07, 6.45) is 17.2. The minimum absolute atomic E-state index is 0.0216. The number of rotatable bonds is 11. The second kappa shape index (κ2) is 18.8. The van der Waals surface area contributed by atoms with Crippen LogP contribution < -0.4 is 5.32 Å². The number of aliphatic hydroxyl groups is 1. The summed E-state index contributed by atoms with van der Waals surface area (Å²) >= 11 is 0. The first-order valence-electron chi connectivity index (χ1n) is 14.9. The molecule has 0 saturated heterocycles. The second-order valence-corrected chi connectivity index (χ2v) is 11.4. The number of phenolic OH excluding ortho intramolecular Hbond substituents is 1. The van der Waals surface area contributed by atoms with Gasteiger partial charge < -0.3 is 19.7 Å². The number of aromatic hydroxyl groups is 1. The first-order chi connectivity index (χ1) is 20.1. The number of aliphatic hydroxyl groups excluding tert-OH is 1. The molecule has 1 heterocycles. The van der Waals surface area contributed by atoms with Crippen molar-refractivity contribution in [3.63, 3.8) is 0 Å². The van der Waals surface area contributed by atoms with Gasteiger partial charge in [-0.3, -0.25) is 5.32 Å². The van der Waals surface area contributed by atoms with Gasteiger partial charge in [0.15, 0.2) is 0 Å². The Bertz CT molecular complexity index is 1170. The number of carbonyl (C=O) groups excluding carboxylic acids is 2. The Labute approximate surface area is 251 Å². The van der Waals surface area contributed by atoms with Gasteiger partial charge in [0, 0.05) is 19.0 Å². The maximum Gasteiger partial charge on any atom is 0.411 e. The minimum atomic E-state index is -0.682. The Kier molecular flexibility index (Phi) is 15.5. The third-order valence-corrected chi connectivity index (χ3v) is 7.27. The summed E-state index contributed by atoms with van der Waals surface area (Å²) in [6.45, 7) is 10.6. The predicted octanol–water partition coefficient (Wildman–Crippen LogP) is 7.86. The van der Waals surface area contributed by atoms with Gasteiger partial charge in [-0.25, -0.2) is 9.59 Å². The van der Waals surface area contributed by atoms with E-state index in [4.69, 9.17) is 9.47 Å². The van der Waals surface area contributed by atoms with Gasteiger partial charge in [0.2, 0.25) is 0 Å². The van der Waals surface area contributed by atoms with Gasteiger partial charge in [-0.2, -0.15) is 0 Å². The standard InChI is InChI=1S/C35H49NO6/c1-25(2)12-8-13-26(3)14-9-15-27(4)21-23-41-35(40)36-22-11-19-30-24-32(38)28(5)16-6-7-17-29-18-10-20-31(37)33(29)34(39)42-30/h6-7,10-12,14,18,20-22,28,30,32,37-38H,8-9,13,15-17,19,23-24H2,1-5H3,(H,36,40)/t28-,30?,32+/m0/s1. The van der Waals surface area contributed by atoms with Crippen molar-refractivity contribution in [2.45, 2.75) is 98.2 Å². The van der Waals surface area contributed by atoms with E-state index in [0.717, 1.165) is 31.3 Å². The van der Waals surface area contributed by atoms with Crippen LogP contribution >= 0.6 is 0 Å². The fraction of sp³-hybridized carbons (Fsp3) is 0.486. The molecule has 7 nitrogen and oxygen atoms in total. The normalized spacial score (nSPS) is 20.2. The summed E-state index contributed by atoms with van der Waals surface area (Å²) < 4.78 is 11.0. The summed E-state index contributed by atoms with van der Waals surface area (Å²) in [5.74, 6) is -0.799. The van der Waals surface area contributed by atoms with Gasteiger partial charge in [-0.1, -0.05) is 66.2 Å². The van der Waals surface area contributed by atoms with Crippen LogP contribution in [0, 0.1) is 5.92 Å². The Hall–Kier alpha value is -3.58. The van der Waals surface area contributed by atoms with Crippen molar-refractivity contribution in [1.82, 2.24) is 5.32 Å². The summed E-state index contributed by atoms with van der Waals surface area (Å²) in [5, 5.41) is 23.6. The number of allylic oxidation sites excluding steroid dienone is 7. The van der Waals surface area contributed by atoms with E-state index < -0.39 is 24.3 Å². The largest absolute Gasteiger partial charge is 0.507 e. The molecule has 1 aliphatic heterocycles. The molecule has 0 fully saturated rings. The van der Waals surface area contributed by atoms with Gasteiger partial charge in [0.1, 0.15) is 24.0 Å². The molecule has 1 amide bonds. The van der Waals surface area contributed by atoms with Crippen LogP contribution in [0.3, 0.4) is 0 Å². The number of ether oxygens (including phenoxy) is 2. The highest BCUT2D eigenvalue weighted by Gasteiger charge is 2.25. The lowest BCUT2D eigenvalue weighted by atomic mass is 9.94. The Morgan fingerprint density at radius 1 is 1.07 bits per heavy atom. The number of phenols is 1. The van der Waals surface area contributed by atoms with Gasteiger partial charge in [0.25, 0.3) is 0 Å². The van der Waals surface area contributed by atoms with E-state index in [1.165, 1.54) is 23.4 Å². The number of benzene rings is 1. The number of hydrogen-bond donors (Lipinski definition) is 3. The fourth-order valence-corrected chi connectivity index (χ4v) is 4.56. The van der Waals surface area contributed by atoms with Crippen molar-refractivity contribution in [2.24, 2.45) is 5.92 Å². The molecule has 3 N–H and O–H groups in total. The summed E-state index contributed by atoms with van der Waals surface area (Å²) in [7, 11) is 0.